The molecule has 1 rings (SSSR count). The molecule has 0 aliphatic carbocycles. The van der Waals surface area contributed by atoms with Gasteiger partial charge in [0, 0.05) is 11.4 Å². The number of hydrogen-bond donors (Lipinski definition) is 2. The van der Waals surface area contributed by atoms with Crippen molar-refractivity contribution in [2.75, 3.05) is 6.54 Å². The molecule has 0 aromatic carbocycles. The molecule has 1 aromatic heterocycles. The van der Waals surface area contributed by atoms with Gasteiger partial charge in [-0.15, -0.1) is 0 Å². The molecule has 5 nitrogen and oxygen atoms in total. The predicted octanol–water partition coefficient (Wildman–Crippen LogP) is 2.20. The summed E-state index contributed by atoms with van der Waals surface area (Å²) in [6.07, 6.45) is 2.21. The van der Waals surface area contributed by atoms with Crippen LogP contribution in [0.15, 0.2) is 11.1 Å². The molecule has 7 heteroatoms. The zero-order valence-corrected chi connectivity index (χ0v) is 13.5. The van der Waals surface area contributed by atoms with Crippen molar-refractivity contribution in [2.24, 2.45) is 5.41 Å². The molecule has 1 heterocycles. The molecule has 18 heavy (non-hydrogen) atoms. The maximum atomic E-state index is 12.0. The van der Waals surface area contributed by atoms with Gasteiger partial charge in [0.25, 0.3) is 0 Å². The van der Waals surface area contributed by atoms with Gasteiger partial charge in [0.05, 0.1) is 11.9 Å². The fraction of sp³-hybridized carbons (Fsp3) is 0.727. The molecule has 1 unspecified atom stereocenters. The van der Waals surface area contributed by atoms with E-state index < -0.39 is 10.0 Å². The second kappa shape index (κ2) is 5.71. The van der Waals surface area contributed by atoms with Crippen LogP contribution < -0.4 is 4.72 Å². The number of nitrogens with zero attached hydrogens (tertiary/aromatic N) is 1. The van der Waals surface area contributed by atoms with Crippen molar-refractivity contribution in [3.8, 4) is 0 Å². The van der Waals surface area contributed by atoms with Gasteiger partial charge in [-0.2, -0.15) is 5.10 Å². The molecule has 0 saturated carbocycles. The lowest BCUT2D eigenvalue weighted by Gasteiger charge is -2.22. The molecule has 0 aliphatic heterocycles. The van der Waals surface area contributed by atoms with Gasteiger partial charge in [0.1, 0.15) is 4.90 Å². The fourth-order valence-corrected chi connectivity index (χ4v) is 4.19. The van der Waals surface area contributed by atoms with Gasteiger partial charge in [-0.3, -0.25) is 5.10 Å². The quantitative estimate of drug-likeness (QED) is 0.808. The summed E-state index contributed by atoms with van der Waals surface area (Å²) in [6, 6.07) is 0. The highest BCUT2D eigenvalue weighted by Crippen LogP contribution is 2.24. The molecule has 0 radical (unpaired) electrons. The van der Waals surface area contributed by atoms with Gasteiger partial charge in [0.2, 0.25) is 10.0 Å². The van der Waals surface area contributed by atoms with E-state index in [-0.39, 0.29) is 15.1 Å². The lowest BCUT2D eigenvalue weighted by atomic mass is 9.91. The Morgan fingerprint density at radius 2 is 2.11 bits per heavy atom. The molecule has 0 saturated heterocycles. The van der Waals surface area contributed by atoms with E-state index >= 15 is 0 Å². The molecule has 0 spiro atoms. The van der Waals surface area contributed by atoms with Crippen molar-refractivity contribution in [2.45, 2.75) is 43.8 Å². The minimum absolute atomic E-state index is 0.111. The van der Waals surface area contributed by atoms with Crippen LogP contribution in [0.25, 0.3) is 0 Å². The van der Waals surface area contributed by atoms with Crippen LogP contribution in [0.2, 0.25) is 0 Å². The van der Waals surface area contributed by atoms with Gasteiger partial charge in [-0.1, -0.05) is 36.7 Å². The van der Waals surface area contributed by atoms with Crippen molar-refractivity contribution < 1.29 is 8.42 Å². The summed E-state index contributed by atoms with van der Waals surface area (Å²) in [7, 11) is -3.47. The SMILES string of the molecule is Cc1[nH]ncc1S(=O)(=O)NCC(Br)CC(C)(C)C. The summed E-state index contributed by atoms with van der Waals surface area (Å²) in [5.41, 5.74) is 0.704. The summed E-state index contributed by atoms with van der Waals surface area (Å²) >= 11 is 3.50. The minimum atomic E-state index is -3.47. The minimum Gasteiger partial charge on any atom is -0.281 e. The Balaban J connectivity index is 2.61. The van der Waals surface area contributed by atoms with Crippen LogP contribution in [0.3, 0.4) is 0 Å². The first-order valence-corrected chi connectivity index (χ1v) is 8.15. The monoisotopic (exact) mass is 337 g/mol. The topological polar surface area (TPSA) is 74.8 Å². The molecule has 0 amide bonds. The number of aromatic nitrogens is 2. The number of hydrogen-bond acceptors (Lipinski definition) is 3. The Kier molecular flexibility index (Phi) is 4.97. The van der Waals surface area contributed by atoms with Gasteiger partial charge in [-0.05, 0) is 18.8 Å². The van der Waals surface area contributed by atoms with Crippen molar-refractivity contribution in [3.05, 3.63) is 11.9 Å². The van der Waals surface area contributed by atoms with Crippen LogP contribution >= 0.6 is 15.9 Å². The number of halogens is 1. The lowest BCUT2D eigenvalue weighted by molar-refractivity contribution is 0.373. The van der Waals surface area contributed by atoms with Gasteiger partial charge in [0.15, 0.2) is 0 Å². The largest absolute Gasteiger partial charge is 0.281 e. The van der Waals surface area contributed by atoms with E-state index in [9.17, 15) is 8.42 Å². The van der Waals surface area contributed by atoms with E-state index in [4.69, 9.17) is 0 Å². The Morgan fingerprint density at radius 1 is 1.50 bits per heavy atom. The highest BCUT2D eigenvalue weighted by Gasteiger charge is 2.21. The standard InChI is InChI=1S/C11H20BrN3O2S/c1-8-10(7-13-15-8)18(16,17)14-6-9(12)5-11(2,3)4/h7,9,14H,5-6H2,1-4H3,(H,13,15). The summed E-state index contributed by atoms with van der Waals surface area (Å²) in [5, 5.41) is 6.34. The van der Waals surface area contributed by atoms with E-state index in [1.54, 1.807) is 6.92 Å². The molecule has 1 atom stereocenters. The van der Waals surface area contributed by atoms with Crippen molar-refractivity contribution >= 4 is 26.0 Å². The van der Waals surface area contributed by atoms with Crippen molar-refractivity contribution in [1.29, 1.82) is 0 Å². The zero-order valence-electron chi connectivity index (χ0n) is 11.1. The molecule has 1 aromatic rings. The number of H-pyrrole nitrogens is 1. The van der Waals surface area contributed by atoms with E-state index in [0.717, 1.165) is 6.42 Å². The second-order valence-electron chi connectivity index (χ2n) is 5.57. The summed E-state index contributed by atoms with van der Waals surface area (Å²) in [6.45, 7) is 8.41. The highest BCUT2D eigenvalue weighted by atomic mass is 79.9. The number of rotatable bonds is 5. The van der Waals surface area contributed by atoms with Crippen LogP contribution in [-0.2, 0) is 10.0 Å². The van der Waals surface area contributed by atoms with Crippen LogP contribution in [0, 0.1) is 12.3 Å². The van der Waals surface area contributed by atoms with Crippen molar-refractivity contribution in [3.63, 3.8) is 0 Å². The average molecular weight is 338 g/mol. The predicted molar refractivity (Wildman–Crippen MR) is 75.3 cm³/mol. The summed E-state index contributed by atoms with van der Waals surface area (Å²) < 4.78 is 26.6. The van der Waals surface area contributed by atoms with Crippen LogP contribution in [0.5, 0.6) is 0 Å². The van der Waals surface area contributed by atoms with Gasteiger partial charge >= 0.3 is 0 Å². The molecule has 0 bridgehead atoms. The van der Waals surface area contributed by atoms with E-state index in [1.165, 1.54) is 6.20 Å². The third-order valence-electron chi connectivity index (χ3n) is 2.40. The lowest BCUT2D eigenvalue weighted by Crippen LogP contribution is -2.31. The normalized spacial score (nSPS) is 14.7. The first-order valence-electron chi connectivity index (χ1n) is 5.75. The number of sulfonamides is 1. The summed E-state index contributed by atoms with van der Waals surface area (Å²) in [4.78, 5) is 0.317. The van der Waals surface area contributed by atoms with E-state index in [0.29, 0.717) is 12.2 Å². The second-order valence-corrected chi connectivity index (χ2v) is 8.60. The fourth-order valence-electron chi connectivity index (χ4n) is 1.63. The maximum absolute atomic E-state index is 12.0. The first kappa shape index (κ1) is 15.7. The molecular weight excluding hydrogens is 318 g/mol. The number of aryl methyl sites for hydroxylation is 1. The van der Waals surface area contributed by atoms with Crippen LogP contribution in [0.4, 0.5) is 0 Å². The Bertz CT molecular complexity index is 491. The highest BCUT2D eigenvalue weighted by molar-refractivity contribution is 9.09. The Morgan fingerprint density at radius 3 is 2.56 bits per heavy atom. The van der Waals surface area contributed by atoms with Crippen molar-refractivity contribution in [1.82, 2.24) is 14.9 Å². The number of aromatic amines is 1. The molecular formula is C11H20BrN3O2S. The number of alkyl halides is 1. The van der Waals surface area contributed by atoms with E-state index in [1.807, 2.05) is 0 Å². The van der Waals surface area contributed by atoms with Gasteiger partial charge in [-0.25, -0.2) is 13.1 Å². The first-order chi connectivity index (χ1) is 8.12. The molecule has 104 valence electrons. The van der Waals surface area contributed by atoms with Crippen LogP contribution in [-0.4, -0.2) is 30.0 Å². The van der Waals surface area contributed by atoms with Crippen LogP contribution in [0.1, 0.15) is 32.9 Å². The molecule has 0 aliphatic rings. The maximum Gasteiger partial charge on any atom is 0.243 e. The third-order valence-corrected chi connectivity index (χ3v) is 4.59. The molecule has 0 fully saturated rings. The Hall–Kier alpha value is -0.400. The van der Waals surface area contributed by atoms with E-state index in [2.05, 4.69) is 51.6 Å². The molecule has 2 N–H and O–H groups in total. The Labute approximate surface area is 117 Å². The average Bonchev–Trinajstić information content (AvgIpc) is 2.60. The van der Waals surface area contributed by atoms with Gasteiger partial charge < -0.3 is 0 Å². The smallest absolute Gasteiger partial charge is 0.243 e. The third kappa shape index (κ3) is 4.70. The number of nitrogens with one attached hydrogen (secondary N) is 2. The summed E-state index contributed by atoms with van der Waals surface area (Å²) in [5.74, 6) is 0. The zero-order chi connectivity index (χ0) is 14.0.